The van der Waals surface area contributed by atoms with Gasteiger partial charge >= 0.3 is 5.97 Å². The second-order valence-corrected chi connectivity index (χ2v) is 10.9. The zero-order chi connectivity index (χ0) is 25.7. The molecule has 0 aliphatic carbocycles. The van der Waals surface area contributed by atoms with Crippen molar-refractivity contribution in [3.8, 4) is 22.8 Å². The van der Waals surface area contributed by atoms with Crippen molar-refractivity contribution < 1.29 is 27.2 Å². The minimum atomic E-state index is -3.64. The number of sulfone groups is 1. The predicted octanol–water partition coefficient (Wildman–Crippen LogP) is 4.75. The predicted molar refractivity (Wildman–Crippen MR) is 133 cm³/mol. The zero-order valence-electron chi connectivity index (χ0n) is 19.6. The third-order valence-electron chi connectivity index (χ3n) is 5.83. The first-order valence-electron chi connectivity index (χ1n) is 11.4. The molecule has 7 nitrogen and oxygen atoms in total. The van der Waals surface area contributed by atoms with Crippen molar-refractivity contribution in [2.45, 2.75) is 19.8 Å². The molecule has 1 N–H and O–H groups in total. The average molecular weight is 509 g/mol. The lowest BCUT2D eigenvalue weighted by Crippen LogP contribution is -2.27. The maximum atomic E-state index is 14.9. The zero-order valence-corrected chi connectivity index (χ0v) is 20.4. The molecule has 36 heavy (non-hydrogen) atoms. The first-order valence-corrected chi connectivity index (χ1v) is 13.2. The van der Waals surface area contributed by atoms with Crippen LogP contribution in [0.3, 0.4) is 0 Å². The van der Waals surface area contributed by atoms with Crippen molar-refractivity contribution >= 4 is 15.8 Å². The van der Waals surface area contributed by atoms with Crippen LogP contribution < -0.4 is 0 Å². The Hall–Kier alpha value is -3.85. The highest BCUT2D eigenvalue weighted by atomic mass is 32.2. The van der Waals surface area contributed by atoms with E-state index >= 15 is 0 Å². The first-order chi connectivity index (χ1) is 17.2. The number of carbonyl (C=O) groups is 1. The van der Waals surface area contributed by atoms with Crippen LogP contribution in [0.1, 0.15) is 16.7 Å². The molecular weight excluding hydrogens is 483 g/mol. The fraction of sp³-hybridized carbons (Fsp3) is 0.222. The monoisotopic (exact) mass is 508 g/mol. The molecule has 0 fully saturated rings. The smallest absolute Gasteiger partial charge is 0.307 e. The largest absolute Gasteiger partial charge is 0.481 e. The van der Waals surface area contributed by atoms with Gasteiger partial charge in [-0.2, -0.15) is 4.98 Å². The van der Waals surface area contributed by atoms with E-state index in [2.05, 4.69) is 10.1 Å². The number of hydrogen-bond donors (Lipinski definition) is 1. The van der Waals surface area contributed by atoms with Gasteiger partial charge in [-0.15, -0.1) is 0 Å². The molecule has 186 valence electrons. The minimum Gasteiger partial charge on any atom is -0.481 e. The molecule has 0 radical (unpaired) electrons. The van der Waals surface area contributed by atoms with E-state index in [-0.39, 0.29) is 29.5 Å². The van der Waals surface area contributed by atoms with Gasteiger partial charge < -0.3 is 9.63 Å². The Kier molecular flexibility index (Phi) is 7.59. The van der Waals surface area contributed by atoms with Gasteiger partial charge in [0.2, 0.25) is 5.82 Å². The van der Waals surface area contributed by atoms with Crippen LogP contribution in [0.15, 0.2) is 77.3 Å². The van der Waals surface area contributed by atoms with Gasteiger partial charge in [0.15, 0.2) is 9.84 Å². The second-order valence-electron chi connectivity index (χ2n) is 8.69. The van der Waals surface area contributed by atoms with E-state index in [9.17, 15) is 22.7 Å². The Morgan fingerprint density at radius 2 is 1.75 bits per heavy atom. The Labute approximate surface area is 208 Å². The van der Waals surface area contributed by atoms with Gasteiger partial charge in [0, 0.05) is 5.56 Å². The molecule has 9 heteroatoms. The normalized spacial score (nSPS) is 12.4. The second kappa shape index (κ2) is 10.8. The van der Waals surface area contributed by atoms with Crippen LogP contribution in [0, 0.1) is 18.7 Å². The summed E-state index contributed by atoms with van der Waals surface area (Å²) in [7, 11) is -3.64. The van der Waals surface area contributed by atoms with Crippen LogP contribution in [0.25, 0.3) is 22.8 Å². The molecule has 0 aliphatic heterocycles. The fourth-order valence-corrected chi connectivity index (χ4v) is 5.41. The lowest BCUT2D eigenvalue weighted by atomic mass is 9.99. The summed E-state index contributed by atoms with van der Waals surface area (Å²) in [6, 6.07) is 20.7. The summed E-state index contributed by atoms with van der Waals surface area (Å²) in [6.45, 7) is 1.95. The van der Waals surface area contributed by atoms with Gasteiger partial charge in [-0.3, -0.25) is 4.79 Å². The van der Waals surface area contributed by atoms with Gasteiger partial charge in [0.1, 0.15) is 5.82 Å². The van der Waals surface area contributed by atoms with Crippen LogP contribution >= 0.6 is 0 Å². The Balaban J connectivity index is 1.45. The average Bonchev–Trinajstić information content (AvgIpc) is 3.33. The summed E-state index contributed by atoms with van der Waals surface area (Å²) in [5.74, 6) is -3.47. The lowest BCUT2D eigenvalue weighted by molar-refractivity contribution is -0.140. The third kappa shape index (κ3) is 6.42. The standard InChI is InChI=1S/C27H25FN2O5S/c1-18-7-10-21(11-8-18)26-29-25(30-35-26)23-12-9-20(16-24(23)28)15-22(27(31)32)17-36(33,34)14-13-19-5-3-2-4-6-19/h2-12,16,22H,13-15,17H2,1H3,(H,31,32). The number of benzene rings is 3. The van der Waals surface area contributed by atoms with Gasteiger partial charge in [0.05, 0.1) is 23.0 Å². The number of rotatable bonds is 10. The summed E-state index contributed by atoms with van der Waals surface area (Å²) in [5.41, 5.74) is 3.10. The van der Waals surface area contributed by atoms with Crippen LogP contribution in [0.2, 0.25) is 0 Å². The van der Waals surface area contributed by atoms with E-state index in [0.717, 1.165) is 11.1 Å². The number of halogens is 1. The molecule has 1 atom stereocenters. The lowest BCUT2D eigenvalue weighted by Gasteiger charge is -2.13. The van der Waals surface area contributed by atoms with Crippen molar-refractivity contribution in [2.75, 3.05) is 11.5 Å². The quantitative estimate of drug-likeness (QED) is 0.329. The number of hydrogen-bond acceptors (Lipinski definition) is 6. The number of aryl methyl sites for hydroxylation is 2. The minimum absolute atomic E-state index is 0.0629. The van der Waals surface area contributed by atoms with Crippen LogP contribution in [0.5, 0.6) is 0 Å². The summed E-state index contributed by atoms with van der Waals surface area (Å²) in [4.78, 5) is 16.1. The van der Waals surface area contributed by atoms with Crippen molar-refractivity contribution in [2.24, 2.45) is 5.92 Å². The summed E-state index contributed by atoms with van der Waals surface area (Å²) in [6.07, 6.45) is 0.173. The fourth-order valence-electron chi connectivity index (χ4n) is 3.82. The molecule has 0 amide bonds. The van der Waals surface area contributed by atoms with Crippen molar-refractivity contribution in [1.29, 1.82) is 0 Å². The van der Waals surface area contributed by atoms with Crippen LogP contribution in [0.4, 0.5) is 4.39 Å². The number of aromatic nitrogens is 2. The van der Waals surface area contributed by atoms with E-state index in [0.29, 0.717) is 17.5 Å². The van der Waals surface area contributed by atoms with Crippen molar-refractivity contribution in [1.82, 2.24) is 10.1 Å². The van der Waals surface area contributed by atoms with Gasteiger partial charge in [-0.1, -0.05) is 59.3 Å². The highest BCUT2D eigenvalue weighted by molar-refractivity contribution is 7.91. The summed E-state index contributed by atoms with van der Waals surface area (Å²) < 4.78 is 45.4. The molecule has 0 bridgehead atoms. The molecule has 1 heterocycles. The highest BCUT2D eigenvalue weighted by Gasteiger charge is 2.26. The van der Waals surface area contributed by atoms with Crippen molar-refractivity contribution in [3.05, 3.63) is 95.3 Å². The summed E-state index contributed by atoms with van der Waals surface area (Å²) in [5, 5.41) is 13.5. The van der Waals surface area contributed by atoms with E-state index < -0.39 is 33.3 Å². The first kappa shape index (κ1) is 25.2. The molecule has 1 unspecified atom stereocenters. The molecule has 0 saturated heterocycles. The maximum Gasteiger partial charge on any atom is 0.307 e. The number of carboxylic acid groups (broad SMARTS) is 1. The van der Waals surface area contributed by atoms with E-state index in [1.165, 1.54) is 12.1 Å². The van der Waals surface area contributed by atoms with Gasteiger partial charge in [-0.25, -0.2) is 12.8 Å². The highest BCUT2D eigenvalue weighted by Crippen LogP contribution is 2.26. The number of carboxylic acids is 1. The van der Waals surface area contributed by atoms with E-state index in [1.54, 1.807) is 6.07 Å². The number of nitrogens with zero attached hydrogens (tertiary/aromatic N) is 2. The molecule has 3 aromatic carbocycles. The summed E-state index contributed by atoms with van der Waals surface area (Å²) >= 11 is 0. The van der Waals surface area contributed by atoms with E-state index in [1.807, 2.05) is 61.5 Å². The van der Waals surface area contributed by atoms with E-state index in [4.69, 9.17) is 4.52 Å². The number of aliphatic carboxylic acids is 1. The Bertz CT molecular complexity index is 1450. The van der Waals surface area contributed by atoms with Gasteiger partial charge in [0.25, 0.3) is 5.89 Å². The molecule has 0 saturated carbocycles. The van der Waals surface area contributed by atoms with Crippen LogP contribution in [-0.4, -0.2) is 41.1 Å². The Morgan fingerprint density at radius 1 is 1.03 bits per heavy atom. The molecular formula is C27H25FN2O5S. The maximum absolute atomic E-state index is 14.9. The SMILES string of the molecule is Cc1ccc(-c2nc(-c3ccc(CC(CS(=O)(=O)CCc4ccccc4)C(=O)O)cc3F)no2)cc1. The molecule has 0 spiro atoms. The Morgan fingerprint density at radius 3 is 2.42 bits per heavy atom. The third-order valence-corrected chi connectivity index (χ3v) is 7.57. The molecule has 0 aliphatic rings. The molecule has 4 rings (SSSR count). The van der Waals surface area contributed by atoms with Gasteiger partial charge in [-0.05, 0) is 55.2 Å². The topological polar surface area (TPSA) is 110 Å². The molecule has 4 aromatic rings. The van der Waals surface area contributed by atoms with Crippen LogP contribution in [-0.2, 0) is 27.5 Å². The molecule has 1 aromatic heterocycles. The van der Waals surface area contributed by atoms with Crippen molar-refractivity contribution in [3.63, 3.8) is 0 Å².